The zero-order valence-electron chi connectivity index (χ0n) is 33.6. The van der Waals surface area contributed by atoms with Crippen LogP contribution >= 0.6 is 11.3 Å². The predicted octanol–water partition coefficient (Wildman–Crippen LogP) is 16.2. The first-order chi connectivity index (χ1) is 29.7. The molecule has 14 rings (SSSR count). The van der Waals surface area contributed by atoms with Gasteiger partial charge >= 0.3 is 0 Å². The minimum atomic E-state index is 0.151. The van der Waals surface area contributed by atoms with E-state index in [0.717, 1.165) is 35.0 Å². The van der Waals surface area contributed by atoms with E-state index in [1.54, 1.807) is 11.1 Å². The first kappa shape index (κ1) is 34.6. The van der Waals surface area contributed by atoms with Crippen molar-refractivity contribution in [2.75, 3.05) is 4.90 Å². The molecule has 60 heavy (non-hydrogen) atoms. The van der Waals surface area contributed by atoms with E-state index in [4.69, 9.17) is 0 Å². The molecule has 0 N–H and O–H groups in total. The second-order valence-electron chi connectivity index (χ2n) is 18.1. The molecule has 0 amide bonds. The van der Waals surface area contributed by atoms with Crippen LogP contribution in [0.4, 0.5) is 17.1 Å². The Hall–Kier alpha value is -6.22. The maximum Gasteiger partial charge on any atom is 0.0554 e. The second kappa shape index (κ2) is 13.4. The van der Waals surface area contributed by atoms with Crippen LogP contribution in [0, 0.1) is 23.7 Å². The highest BCUT2D eigenvalue weighted by molar-refractivity contribution is 7.26. The number of rotatable bonds is 6. The van der Waals surface area contributed by atoms with Crippen molar-refractivity contribution in [3.05, 3.63) is 199 Å². The van der Waals surface area contributed by atoms with E-state index in [2.05, 4.69) is 193 Å². The van der Waals surface area contributed by atoms with E-state index in [1.165, 1.54) is 102 Å². The van der Waals surface area contributed by atoms with E-state index in [0.29, 0.717) is 0 Å². The summed E-state index contributed by atoms with van der Waals surface area (Å²) in [5.74, 6) is 3.37. The third kappa shape index (κ3) is 5.10. The molecule has 4 fully saturated rings. The lowest BCUT2D eigenvalue weighted by molar-refractivity contribution is -0.0397. The van der Waals surface area contributed by atoms with Crippen LogP contribution < -0.4 is 4.90 Å². The summed E-state index contributed by atoms with van der Waals surface area (Å²) >= 11 is 1.87. The fraction of sp³-hybridized carbons (Fsp3) is 0.172. The minimum absolute atomic E-state index is 0.151. The summed E-state index contributed by atoms with van der Waals surface area (Å²) in [7, 11) is 0. The summed E-state index contributed by atoms with van der Waals surface area (Å²) < 4.78 is 2.62. The first-order valence-electron chi connectivity index (χ1n) is 22.0. The molecular formula is C58H45NS. The summed E-state index contributed by atoms with van der Waals surface area (Å²) in [6.45, 7) is 0. The summed E-state index contributed by atoms with van der Waals surface area (Å²) in [4.78, 5) is 2.44. The lowest BCUT2D eigenvalue weighted by atomic mass is 9.42. The monoisotopic (exact) mass is 787 g/mol. The van der Waals surface area contributed by atoms with Crippen LogP contribution in [0.3, 0.4) is 0 Å². The van der Waals surface area contributed by atoms with Gasteiger partial charge in [-0.3, -0.25) is 0 Å². The Bertz CT molecular complexity index is 3050. The summed E-state index contributed by atoms with van der Waals surface area (Å²) in [5.41, 5.74) is 17.6. The maximum atomic E-state index is 2.50. The van der Waals surface area contributed by atoms with Crippen molar-refractivity contribution in [3.63, 3.8) is 0 Å². The summed E-state index contributed by atoms with van der Waals surface area (Å²) in [6.07, 6.45) is 7.08. The fourth-order valence-electron chi connectivity index (χ4n) is 12.9. The van der Waals surface area contributed by atoms with Crippen LogP contribution in [0.5, 0.6) is 0 Å². The molecule has 288 valence electrons. The van der Waals surface area contributed by atoms with Gasteiger partial charge in [0.25, 0.3) is 0 Å². The Balaban J connectivity index is 0.879. The van der Waals surface area contributed by atoms with E-state index < -0.39 is 0 Å². The summed E-state index contributed by atoms with van der Waals surface area (Å²) in [5, 5.41) is 2.61. The quantitative estimate of drug-likeness (QED) is 0.162. The van der Waals surface area contributed by atoms with Crippen LogP contribution in [0.25, 0.3) is 64.7 Å². The van der Waals surface area contributed by atoms with Gasteiger partial charge in [-0.2, -0.15) is 0 Å². The number of nitrogens with zero attached hydrogens (tertiary/aromatic N) is 1. The van der Waals surface area contributed by atoms with Crippen LogP contribution in [-0.4, -0.2) is 0 Å². The average Bonchev–Trinajstić information content (AvgIpc) is 3.84. The number of hydrogen-bond donors (Lipinski definition) is 0. The SMILES string of the molecule is c1ccc(-c2ccc(N(c3ccc(-c4ccc(-c5cccc6c5C5(c7ccccc7-6)C6CC7CC(C6)CC5C7)cc4)cc3)c3cccc4sc5ccccc5c34)cc2)cc1. The van der Waals surface area contributed by atoms with Crippen molar-refractivity contribution >= 4 is 48.6 Å². The molecule has 0 aliphatic heterocycles. The minimum Gasteiger partial charge on any atom is -0.310 e. The molecule has 4 saturated carbocycles. The highest BCUT2D eigenvalue weighted by atomic mass is 32.1. The van der Waals surface area contributed by atoms with Gasteiger partial charge in [-0.1, -0.05) is 146 Å². The van der Waals surface area contributed by atoms with Gasteiger partial charge < -0.3 is 4.90 Å². The van der Waals surface area contributed by atoms with Crippen molar-refractivity contribution < 1.29 is 0 Å². The van der Waals surface area contributed by atoms with Gasteiger partial charge in [0.05, 0.1) is 5.69 Å². The molecule has 5 aliphatic carbocycles. The third-order valence-electron chi connectivity index (χ3n) is 15.1. The highest BCUT2D eigenvalue weighted by Crippen LogP contribution is 2.70. The maximum absolute atomic E-state index is 2.50. The Morgan fingerprint density at radius 2 is 0.917 bits per heavy atom. The average molecular weight is 788 g/mol. The highest BCUT2D eigenvalue weighted by Gasteiger charge is 2.62. The Labute approximate surface area is 356 Å². The van der Waals surface area contributed by atoms with Crippen LogP contribution in [0.2, 0.25) is 0 Å². The van der Waals surface area contributed by atoms with Crippen molar-refractivity contribution in [2.24, 2.45) is 23.7 Å². The Morgan fingerprint density at radius 1 is 0.400 bits per heavy atom. The largest absolute Gasteiger partial charge is 0.310 e. The van der Waals surface area contributed by atoms with Gasteiger partial charge in [-0.25, -0.2) is 0 Å². The molecule has 1 heterocycles. The van der Waals surface area contributed by atoms with Gasteiger partial charge in [-0.05, 0) is 154 Å². The van der Waals surface area contributed by atoms with E-state index in [1.807, 2.05) is 11.3 Å². The standard InChI is InChI=1S/C58H45NS/c1-2-10-39(11-3-1)41-24-28-46(29-25-41)59(53-17-9-19-55-56(53)51-13-5-7-18-54(51)60-55)47-30-26-42(27-31-47)40-20-22-43(23-21-40)48-14-8-15-50-49-12-4-6-16-52(49)58(57(48)50)44-33-37-32-38(35-44)36-45(58)34-37/h1-31,37-38,44-45H,32-36H2. The topological polar surface area (TPSA) is 3.24 Å². The van der Waals surface area contributed by atoms with Crippen molar-refractivity contribution in [2.45, 2.75) is 37.5 Å². The molecule has 2 heteroatoms. The van der Waals surface area contributed by atoms with Gasteiger partial charge in [-0.15, -0.1) is 11.3 Å². The zero-order chi connectivity index (χ0) is 39.4. The molecule has 1 nitrogen and oxygen atoms in total. The van der Waals surface area contributed by atoms with Crippen molar-refractivity contribution in [3.8, 4) is 44.5 Å². The Kier molecular flexibility index (Phi) is 7.73. The lowest BCUT2D eigenvalue weighted by Crippen LogP contribution is -2.55. The molecule has 0 unspecified atom stereocenters. The van der Waals surface area contributed by atoms with Crippen molar-refractivity contribution in [1.29, 1.82) is 0 Å². The van der Waals surface area contributed by atoms with Gasteiger partial charge in [0.2, 0.25) is 0 Å². The number of benzene rings is 8. The van der Waals surface area contributed by atoms with Crippen LogP contribution in [-0.2, 0) is 5.41 Å². The van der Waals surface area contributed by atoms with Gasteiger partial charge in [0.15, 0.2) is 0 Å². The van der Waals surface area contributed by atoms with E-state index in [-0.39, 0.29) is 5.41 Å². The third-order valence-corrected chi connectivity index (χ3v) is 16.2. The molecule has 0 radical (unpaired) electrons. The summed E-state index contributed by atoms with van der Waals surface area (Å²) in [6, 6.07) is 70.7. The van der Waals surface area contributed by atoms with E-state index >= 15 is 0 Å². The molecule has 4 bridgehead atoms. The van der Waals surface area contributed by atoms with E-state index in [9.17, 15) is 0 Å². The molecule has 1 spiro atoms. The normalized spacial score (nSPS) is 22.1. The fourth-order valence-corrected chi connectivity index (χ4v) is 14.0. The van der Waals surface area contributed by atoms with Crippen LogP contribution in [0.15, 0.2) is 188 Å². The Morgan fingerprint density at radius 3 is 1.62 bits per heavy atom. The second-order valence-corrected chi connectivity index (χ2v) is 19.2. The zero-order valence-corrected chi connectivity index (χ0v) is 34.4. The molecular weight excluding hydrogens is 743 g/mol. The smallest absolute Gasteiger partial charge is 0.0554 e. The number of fused-ring (bicyclic) bond motifs is 6. The van der Waals surface area contributed by atoms with Gasteiger partial charge in [0.1, 0.15) is 0 Å². The molecule has 1 aromatic heterocycles. The van der Waals surface area contributed by atoms with Crippen LogP contribution in [0.1, 0.15) is 43.2 Å². The number of hydrogen-bond acceptors (Lipinski definition) is 2. The van der Waals surface area contributed by atoms with Crippen molar-refractivity contribution in [1.82, 2.24) is 0 Å². The number of anilines is 3. The molecule has 0 atom stereocenters. The molecule has 9 aromatic rings. The molecule has 5 aliphatic rings. The lowest BCUT2D eigenvalue weighted by Gasteiger charge is -2.61. The predicted molar refractivity (Wildman–Crippen MR) is 254 cm³/mol. The molecule has 0 saturated heterocycles. The number of thiophene rings is 1. The first-order valence-corrected chi connectivity index (χ1v) is 22.8. The van der Waals surface area contributed by atoms with Gasteiger partial charge in [0, 0.05) is 37.0 Å². The molecule has 8 aromatic carbocycles.